The molecule has 5 heteroatoms. The summed E-state index contributed by atoms with van der Waals surface area (Å²) in [5.74, 6) is -0.206. The number of carbonyl (C=O) groups is 2. The number of benzene rings is 1. The van der Waals surface area contributed by atoms with Gasteiger partial charge in [-0.05, 0) is 31.5 Å². The van der Waals surface area contributed by atoms with Gasteiger partial charge >= 0.3 is 0 Å². The molecule has 1 aliphatic rings. The first kappa shape index (κ1) is 12.1. The molecule has 17 heavy (non-hydrogen) atoms. The van der Waals surface area contributed by atoms with Gasteiger partial charge in [0.05, 0.1) is 6.54 Å². The highest BCUT2D eigenvalue weighted by atomic mass is 79.9. The molecule has 2 amide bonds. The molecule has 0 spiro atoms. The Hall–Kier alpha value is -1.36. The zero-order valence-corrected chi connectivity index (χ0v) is 11.2. The summed E-state index contributed by atoms with van der Waals surface area (Å²) in [6.45, 7) is 3.72. The second-order valence-electron chi connectivity index (χ2n) is 4.09. The first-order valence-electron chi connectivity index (χ1n) is 5.36. The molecule has 1 atom stereocenters. The van der Waals surface area contributed by atoms with E-state index in [1.54, 1.807) is 11.8 Å². The molecule has 1 aromatic carbocycles. The highest BCUT2D eigenvalue weighted by Gasteiger charge is 2.32. The number of aryl methyl sites for hydroxylation is 1. The minimum absolute atomic E-state index is 0.0646. The van der Waals surface area contributed by atoms with Crippen molar-refractivity contribution in [3.8, 4) is 0 Å². The van der Waals surface area contributed by atoms with Crippen LogP contribution in [0.5, 0.6) is 0 Å². The zero-order chi connectivity index (χ0) is 12.6. The van der Waals surface area contributed by atoms with E-state index in [9.17, 15) is 9.59 Å². The average molecular weight is 297 g/mol. The van der Waals surface area contributed by atoms with Crippen molar-refractivity contribution in [2.45, 2.75) is 19.9 Å². The van der Waals surface area contributed by atoms with Crippen molar-refractivity contribution >= 4 is 33.4 Å². The fourth-order valence-corrected chi connectivity index (χ4v) is 2.26. The van der Waals surface area contributed by atoms with Crippen LogP contribution >= 0.6 is 15.9 Å². The van der Waals surface area contributed by atoms with Gasteiger partial charge in [0, 0.05) is 10.2 Å². The highest BCUT2D eigenvalue weighted by molar-refractivity contribution is 9.10. The summed E-state index contributed by atoms with van der Waals surface area (Å²) in [7, 11) is 0. The van der Waals surface area contributed by atoms with Gasteiger partial charge in [-0.3, -0.25) is 14.5 Å². The molecule has 0 aliphatic carbocycles. The van der Waals surface area contributed by atoms with Gasteiger partial charge in [0.25, 0.3) is 0 Å². The lowest BCUT2D eigenvalue weighted by atomic mass is 10.1. The Labute approximate surface area is 108 Å². The predicted octanol–water partition coefficient (Wildman–Crippen LogP) is 1.61. The maximum atomic E-state index is 11.9. The van der Waals surface area contributed by atoms with Crippen LogP contribution in [-0.4, -0.2) is 24.4 Å². The smallest absolute Gasteiger partial charge is 0.247 e. The molecule has 4 nitrogen and oxygen atoms in total. The SMILES string of the molecule is Cc1ccc(Br)cc1N1C(=O)CNC(=O)C1C. The topological polar surface area (TPSA) is 49.4 Å². The highest BCUT2D eigenvalue weighted by Crippen LogP contribution is 2.27. The van der Waals surface area contributed by atoms with Crippen LogP contribution in [0.3, 0.4) is 0 Å². The molecule has 1 saturated heterocycles. The Morgan fingerprint density at radius 3 is 2.82 bits per heavy atom. The van der Waals surface area contributed by atoms with Crippen LogP contribution in [0.1, 0.15) is 12.5 Å². The van der Waals surface area contributed by atoms with Gasteiger partial charge in [-0.25, -0.2) is 0 Å². The van der Waals surface area contributed by atoms with Crippen LogP contribution in [-0.2, 0) is 9.59 Å². The molecule has 1 heterocycles. The van der Waals surface area contributed by atoms with Crippen molar-refractivity contribution in [2.24, 2.45) is 0 Å². The number of rotatable bonds is 1. The Balaban J connectivity index is 2.46. The van der Waals surface area contributed by atoms with Gasteiger partial charge in [0.15, 0.2) is 0 Å². The summed E-state index contributed by atoms with van der Waals surface area (Å²) in [4.78, 5) is 25.1. The molecule has 2 rings (SSSR count). The van der Waals surface area contributed by atoms with Gasteiger partial charge in [-0.1, -0.05) is 22.0 Å². The number of carbonyl (C=O) groups excluding carboxylic acids is 2. The Morgan fingerprint density at radius 1 is 1.41 bits per heavy atom. The van der Waals surface area contributed by atoms with Crippen LogP contribution in [0.15, 0.2) is 22.7 Å². The van der Waals surface area contributed by atoms with E-state index in [0.717, 1.165) is 15.7 Å². The lowest BCUT2D eigenvalue weighted by Crippen LogP contribution is -2.57. The van der Waals surface area contributed by atoms with Crippen LogP contribution < -0.4 is 10.2 Å². The quantitative estimate of drug-likeness (QED) is 0.856. The Bertz CT molecular complexity index is 487. The van der Waals surface area contributed by atoms with Crippen molar-refractivity contribution in [1.82, 2.24) is 5.32 Å². The normalized spacial score (nSPS) is 20.4. The molecular weight excluding hydrogens is 284 g/mol. The number of halogens is 1. The molecule has 1 unspecified atom stereocenters. The predicted molar refractivity (Wildman–Crippen MR) is 68.8 cm³/mol. The summed E-state index contributed by atoms with van der Waals surface area (Å²) >= 11 is 3.38. The average Bonchev–Trinajstić information content (AvgIpc) is 2.29. The molecule has 1 N–H and O–H groups in total. The second kappa shape index (κ2) is 4.49. The maximum absolute atomic E-state index is 11.9. The summed E-state index contributed by atoms with van der Waals surface area (Å²) in [5.41, 5.74) is 1.76. The molecule has 0 bridgehead atoms. The van der Waals surface area contributed by atoms with E-state index in [2.05, 4.69) is 21.2 Å². The number of piperazine rings is 1. The summed E-state index contributed by atoms with van der Waals surface area (Å²) in [5, 5.41) is 2.57. The third-order valence-electron chi connectivity index (χ3n) is 2.88. The maximum Gasteiger partial charge on any atom is 0.247 e. The lowest BCUT2D eigenvalue weighted by Gasteiger charge is -2.33. The van der Waals surface area contributed by atoms with E-state index in [0.29, 0.717) is 0 Å². The van der Waals surface area contributed by atoms with Crippen LogP contribution in [0.4, 0.5) is 5.69 Å². The van der Waals surface area contributed by atoms with Crippen molar-refractivity contribution < 1.29 is 9.59 Å². The summed E-state index contributed by atoms with van der Waals surface area (Å²) in [6.07, 6.45) is 0. The zero-order valence-electron chi connectivity index (χ0n) is 9.66. The number of nitrogens with zero attached hydrogens (tertiary/aromatic N) is 1. The summed E-state index contributed by atoms with van der Waals surface area (Å²) in [6, 6.07) is 5.23. The molecule has 0 saturated carbocycles. The van der Waals surface area contributed by atoms with Crippen molar-refractivity contribution in [1.29, 1.82) is 0 Å². The first-order chi connectivity index (χ1) is 8.00. The number of amides is 2. The molecule has 0 aromatic heterocycles. The van der Waals surface area contributed by atoms with Gasteiger partial charge in [0.1, 0.15) is 6.04 Å². The monoisotopic (exact) mass is 296 g/mol. The molecule has 90 valence electrons. The molecule has 0 radical (unpaired) electrons. The fourth-order valence-electron chi connectivity index (χ4n) is 1.91. The standard InChI is InChI=1S/C12H13BrN2O2/c1-7-3-4-9(13)5-10(7)15-8(2)12(17)14-6-11(15)16/h3-5,8H,6H2,1-2H3,(H,14,17). The number of anilines is 1. The number of hydrogen-bond donors (Lipinski definition) is 1. The van der Waals surface area contributed by atoms with E-state index in [1.807, 2.05) is 25.1 Å². The van der Waals surface area contributed by atoms with Gasteiger partial charge in [0.2, 0.25) is 11.8 Å². The first-order valence-corrected chi connectivity index (χ1v) is 6.16. The van der Waals surface area contributed by atoms with Gasteiger partial charge in [-0.15, -0.1) is 0 Å². The third kappa shape index (κ3) is 2.20. The van der Waals surface area contributed by atoms with Crippen molar-refractivity contribution in [3.63, 3.8) is 0 Å². The minimum Gasteiger partial charge on any atom is -0.345 e. The largest absolute Gasteiger partial charge is 0.345 e. The second-order valence-corrected chi connectivity index (χ2v) is 5.00. The Kier molecular flexibility index (Phi) is 3.19. The molecule has 1 fully saturated rings. The van der Waals surface area contributed by atoms with Gasteiger partial charge < -0.3 is 5.32 Å². The van der Waals surface area contributed by atoms with Crippen LogP contribution in [0.25, 0.3) is 0 Å². The number of hydrogen-bond acceptors (Lipinski definition) is 2. The molecule has 1 aromatic rings. The molecular formula is C12H13BrN2O2. The van der Waals surface area contributed by atoms with E-state index in [4.69, 9.17) is 0 Å². The summed E-state index contributed by atoms with van der Waals surface area (Å²) < 4.78 is 0.893. The van der Waals surface area contributed by atoms with Crippen molar-refractivity contribution in [3.05, 3.63) is 28.2 Å². The Morgan fingerprint density at radius 2 is 2.12 bits per heavy atom. The van der Waals surface area contributed by atoms with E-state index in [1.165, 1.54) is 0 Å². The van der Waals surface area contributed by atoms with Crippen molar-refractivity contribution in [2.75, 3.05) is 11.4 Å². The van der Waals surface area contributed by atoms with Crippen LogP contribution in [0, 0.1) is 6.92 Å². The minimum atomic E-state index is -0.468. The number of nitrogens with one attached hydrogen (secondary N) is 1. The van der Waals surface area contributed by atoms with E-state index in [-0.39, 0.29) is 18.4 Å². The third-order valence-corrected chi connectivity index (χ3v) is 3.37. The van der Waals surface area contributed by atoms with Gasteiger partial charge in [-0.2, -0.15) is 0 Å². The van der Waals surface area contributed by atoms with Crippen LogP contribution in [0.2, 0.25) is 0 Å². The van der Waals surface area contributed by atoms with E-state index < -0.39 is 6.04 Å². The fraction of sp³-hybridized carbons (Fsp3) is 0.333. The lowest BCUT2D eigenvalue weighted by molar-refractivity contribution is -0.130. The van der Waals surface area contributed by atoms with E-state index >= 15 is 0 Å². The molecule has 1 aliphatic heterocycles.